The molecule has 0 heterocycles. The third-order valence-corrected chi connectivity index (χ3v) is 2.87. The summed E-state index contributed by atoms with van der Waals surface area (Å²) in [5.41, 5.74) is 1.99. The molecule has 0 bridgehead atoms. The fourth-order valence-electron chi connectivity index (χ4n) is 1.33. The first-order valence-corrected chi connectivity index (χ1v) is 5.17. The van der Waals surface area contributed by atoms with E-state index in [1.165, 1.54) is 11.1 Å². The summed E-state index contributed by atoms with van der Waals surface area (Å²) in [6.45, 7) is 7.90. The highest BCUT2D eigenvalue weighted by molar-refractivity contribution is 5.21. The van der Waals surface area contributed by atoms with Gasteiger partial charge in [0.05, 0.1) is 5.60 Å². The van der Waals surface area contributed by atoms with Gasteiger partial charge in [0.15, 0.2) is 0 Å². The molecule has 1 atom stereocenters. The molecule has 1 unspecified atom stereocenters. The van der Waals surface area contributed by atoms with Crippen LogP contribution in [0.3, 0.4) is 0 Å². The number of rotatable bonds is 3. The molecule has 1 nitrogen and oxygen atoms in total. The van der Waals surface area contributed by atoms with E-state index in [0.717, 1.165) is 6.42 Å². The minimum Gasteiger partial charge on any atom is -0.390 e. The van der Waals surface area contributed by atoms with E-state index in [-0.39, 0.29) is 5.92 Å². The molecule has 1 rings (SSSR count). The first kappa shape index (κ1) is 11.3. The van der Waals surface area contributed by atoms with Crippen LogP contribution >= 0.6 is 0 Å². The zero-order valence-electron chi connectivity index (χ0n) is 9.54. The van der Waals surface area contributed by atoms with Crippen molar-refractivity contribution < 1.29 is 5.11 Å². The molecule has 1 heteroatoms. The molecule has 0 radical (unpaired) electrons. The molecule has 0 spiro atoms. The Hall–Kier alpha value is -0.820. The third kappa shape index (κ3) is 3.15. The summed E-state index contributed by atoms with van der Waals surface area (Å²) in [4.78, 5) is 0. The molecule has 0 amide bonds. The minimum atomic E-state index is -0.592. The van der Waals surface area contributed by atoms with E-state index in [0.29, 0.717) is 0 Å². The lowest BCUT2D eigenvalue weighted by Gasteiger charge is -2.25. The summed E-state index contributed by atoms with van der Waals surface area (Å²) in [6.07, 6.45) is 0.934. The van der Waals surface area contributed by atoms with Crippen LogP contribution in [0, 0.1) is 12.8 Å². The third-order valence-electron chi connectivity index (χ3n) is 2.87. The van der Waals surface area contributed by atoms with Gasteiger partial charge in [-0.3, -0.25) is 0 Å². The second-order valence-electron chi connectivity index (χ2n) is 4.74. The number of hydrogen-bond acceptors (Lipinski definition) is 1. The molecule has 1 aromatic rings. The fraction of sp³-hybridized carbons (Fsp3) is 0.538. The molecule has 1 aromatic carbocycles. The molecule has 0 aliphatic rings. The summed E-state index contributed by atoms with van der Waals surface area (Å²) in [7, 11) is 0. The van der Waals surface area contributed by atoms with Crippen molar-refractivity contribution in [2.24, 2.45) is 5.92 Å². The quantitative estimate of drug-likeness (QED) is 0.780. The van der Waals surface area contributed by atoms with Crippen LogP contribution in [-0.2, 0) is 6.42 Å². The molecular weight excluding hydrogens is 172 g/mol. The van der Waals surface area contributed by atoms with Crippen molar-refractivity contribution in [3.8, 4) is 0 Å². The molecule has 0 saturated carbocycles. The van der Waals surface area contributed by atoms with Gasteiger partial charge in [0.25, 0.3) is 0 Å². The number of benzene rings is 1. The molecule has 0 aliphatic carbocycles. The van der Waals surface area contributed by atoms with Crippen LogP contribution in [-0.4, -0.2) is 10.7 Å². The van der Waals surface area contributed by atoms with Crippen molar-refractivity contribution in [3.63, 3.8) is 0 Å². The van der Waals surface area contributed by atoms with E-state index < -0.39 is 5.60 Å². The normalized spacial score (nSPS) is 14.1. The Kier molecular flexibility index (Phi) is 3.33. The van der Waals surface area contributed by atoms with E-state index in [4.69, 9.17) is 0 Å². The summed E-state index contributed by atoms with van der Waals surface area (Å²) in [5, 5.41) is 9.80. The predicted octanol–water partition coefficient (Wildman–Crippen LogP) is 2.94. The van der Waals surface area contributed by atoms with Gasteiger partial charge >= 0.3 is 0 Å². The van der Waals surface area contributed by atoms with Crippen molar-refractivity contribution in [2.45, 2.75) is 39.7 Å². The van der Waals surface area contributed by atoms with E-state index >= 15 is 0 Å². The second kappa shape index (κ2) is 4.14. The molecule has 14 heavy (non-hydrogen) atoms. The summed E-state index contributed by atoms with van der Waals surface area (Å²) < 4.78 is 0. The van der Waals surface area contributed by atoms with Crippen LogP contribution in [0.4, 0.5) is 0 Å². The highest BCUT2D eigenvalue weighted by Gasteiger charge is 2.21. The molecule has 78 valence electrons. The Morgan fingerprint density at radius 2 is 1.71 bits per heavy atom. The first-order valence-electron chi connectivity index (χ1n) is 5.17. The van der Waals surface area contributed by atoms with Crippen LogP contribution in [0.1, 0.15) is 31.9 Å². The van der Waals surface area contributed by atoms with Crippen molar-refractivity contribution in [2.75, 3.05) is 0 Å². The minimum absolute atomic E-state index is 0.283. The van der Waals surface area contributed by atoms with Gasteiger partial charge in [-0.2, -0.15) is 0 Å². The summed E-state index contributed by atoms with van der Waals surface area (Å²) in [5.74, 6) is 0.283. The zero-order valence-corrected chi connectivity index (χ0v) is 9.54. The van der Waals surface area contributed by atoms with E-state index in [1.54, 1.807) is 0 Å². The van der Waals surface area contributed by atoms with Crippen LogP contribution < -0.4 is 0 Å². The molecule has 0 aromatic heterocycles. The van der Waals surface area contributed by atoms with Gasteiger partial charge in [-0.05, 0) is 38.7 Å². The van der Waals surface area contributed by atoms with Crippen LogP contribution in [0.15, 0.2) is 24.3 Å². The van der Waals surface area contributed by atoms with Gasteiger partial charge in [-0.25, -0.2) is 0 Å². The highest BCUT2D eigenvalue weighted by Crippen LogP contribution is 2.20. The predicted molar refractivity (Wildman–Crippen MR) is 60.3 cm³/mol. The number of aliphatic hydroxyl groups is 1. The maximum atomic E-state index is 9.80. The Morgan fingerprint density at radius 1 is 1.21 bits per heavy atom. The van der Waals surface area contributed by atoms with Crippen LogP contribution in [0.2, 0.25) is 0 Å². The van der Waals surface area contributed by atoms with Gasteiger partial charge in [-0.15, -0.1) is 0 Å². The van der Waals surface area contributed by atoms with Crippen molar-refractivity contribution in [1.82, 2.24) is 0 Å². The monoisotopic (exact) mass is 192 g/mol. The van der Waals surface area contributed by atoms with Gasteiger partial charge < -0.3 is 5.11 Å². The Balaban J connectivity index is 2.65. The van der Waals surface area contributed by atoms with Crippen molar-refractivity contribution in [3.05, 3.63) is 35.4 Å². The van der Waals surface area contributed by atoms with Gasteiger partial charge in [0, 0.05) is 0 Å². The van der Waals surface area contributed by atoms with Gasteiger partial charge in [0.1, 0.15) is 0 Å². The topological polar surface area (TPSA) is 20.2 Å². The van der Waals surface area contributed by atoms with Crippen LogP contribution in [0.25, 0.3) is 0 Å². The van der Waals surface area contributed by atoms with E-state index in [1.807, 2.05) is 13.8 Å². The lowest BCUT2D eigenvalue weighted by Crippen LogP contribution is -2.29. The second-order valence-corrected chi connectivity index (χ2v) is 4.74. The maximum Gasteiger partial charge on any atom is 0.0620 e. The molecule has 1 N–H and O–H groups in total. The largest absolute Gasteiger partial charge is 0.390 e. The van der Waals surface area contributed by atoms with E-state index in [9.17, 15) is 5.11 Å². The number of aryl methyl sites for hydroxylation is 1. The standard InChI is InChI=1S/C13H20O/c1-10-5-7-12(8-6-10)9-11(2)13(3,4)14/h5-8,11,14H,9H2,1-4H3. The summed E-state index contributed by atoms with van der Waals surface area (Å²) >= 11 is 0. The van der Waals surface area contributed by atoms with Gasteiger partial charge in [0.2, 0.25) is 0 Å². The first-order chi connectivity index (χ1) is 6.39. The van der Waals surface area contributed by atoms with Crippen LogP contribution in [0.5, 0.6) is 0 Å². The maximum absolute atomic E-state index is 9.80. The van der Waals surface area contributed by atoms with Crippen molar-refractivity contribution in [1.29, 1.82) is 0 Å². The molecule has 0 fully saturated rings. The fourth-order valence-corrected chi connectivity index (χ4v) is 1.33. The molecule has 0 saturated heterocycles. The van der Waals surface area contributed by atoms with Crippen molar-refractivity contribution >= 4 is 0 Å². The Labute approximate surface area is 86.8 Å². The molecule has 0 aliphatic heterocycles. The van der Waals surface area contributed by atoms with E-state index in [2.05, 4.69) is 38.1 Å². The Bertz CT molecular complexity index is 279. The smallest absolute Gasteiger partial charge is 0.0620 e. The number of hydrogen-bond donors (Lipinski definition) is 1. The Morgan fingerprint density at radius 3 is 2.14 bits per heavy atom. The zero-order chi connectivity index (χ0) is 10.8. The average Bonchev–Trinajstić information content (AvgIpc) is 2.07. The lowest BCUT2D eigenvalue weighted by molar-refractivity contribution is 0.0251. The average molecular weight is 192 g/mol. The van der Waals surface area contributed by atoms with Gasteiger partial charge in [-0.1, -0.05) is 36.8 Å². The summed E-state index contributed by atoms with van der Waals surface area (Å²) in [6, 6.07) is 8.51. The highest BCUT2D eigenvalue weighted by atomic mass is 16.3. The molecular formula is C13H20O. The lowest BCUT2D eigenvalue weighted by atomic mass is 9.87. The SMILES string of the molecule is Cc1ccc(CC(C)C(C)(C)O)cc1.